The molecule has 45 heavy (non-hydrogen) atoms. The van der Waals surface area contributed by atoms with Gasteiger partial charge in [-0.15, -0.1) is 0 Å². The lowest BCUT2D eigenvalue weighted by molar-refractivity contribution is -0.234. The number of piperazine rings is 3. The molecule has 1 unspecified atom stereocenters. The summed E-state index contributed by atoms with van der Waals surface area (Å²) >= 11 is 0. The van der Waals surface area contributed by atoms with Crippen molar-refractivity contribution in [3.05, 3.63) is 29.3 Å². The normalized spacial score (nSPS) is 19.3. The summed E-state index contributed by atoms with van der Waals surface area (Å²) in [7, 11) is 8.14. The number of benzene rings is 1. The van der Waals surface area contributed by atoms with Crippen LogP contribution in [0.2, 0.25) is 0 Å². The van der Waals surface area contributed by atoms with Crippen molar-refractivity contribution >= 4 is 17.4 Å². The molecule has 4 rings (SSSR count). The van der Waals surface area contributed by atoms with Crippen molar-refractivity contribution in [2.75, 3.05) is 126 Å². The molecule has 2 N–H and O–H groups in total. The van der Waals surface area contributed by atoms with E-state index >= 15 is 0 Å². The van der Waals surface area contributed by atoms with Gasteiger partial charge < -0.3 is 34.8 Å². The van der Waals surface area contributed by atoms with Gasteiger partial charge in [0, 0.05) is 110 Å². The van der Waals surface area contributed by atoms with Crippen molar-refractivity contribution < 1.29 is 23.9 Å². The molecule has 3 aliphatic heterocycles. The van der Waals surface area contributed by atoms with Gasteiger partial charge >= 0.3 is 0 Å². The predicted octanol–water partition coefficient (Wildman–Crippen LogP) is 2.34. The molecule has 0 aliphatic carbocycles. The molecular weight excluding hydrogens is 574 g/mol. The van der Waals surface area contributed by atoms with E-state index in [1.807, 2.05) is 29.0 Å². The summed E-state index contributed by atoms with van der Waals surface area (Å²) < 4.78 is 10.5. The second-order valence-electron chi connectivity index (χ2n) is 12.1. The number of likely N-dealkylation sites (N-methyl/N-ethyl adjacent to an activating group) is 3. The zero-order chi connectivity index (χ0) is 33.8. The van der Waals surface area contributed by atoms with Gasteiger partial charge in [0.05, 0.1) is 0 Å². The molecule has 260 valence electrons. The first kappa shape index (κ1) is 40.9. The number of amides is 1. The zero-order valence-corrected chi connectivity index (χ0v) is 29.7. The van der Waals surface area contributed by atoms with Crippen LogP contribution in [0.4, 0.5) is 5.69 Å². The number of ketones is 1. The molecular formula is C33H63N7O5. The number of hydroxylamine groups is 2. The van der Waals surface area contributed by atoms with E-state index in [0.717, 1.165) is 97.1 Å². The molecule has 1 atom stereocenters. The van der Waals surface area contributed by atoms with Crippen LogP contribution in [0.25, 0.3) is 0 Å². The Morgan fingerprint density at radius 1 is 0.822 bits per heavy atom. The molecule has 0 radical (unpaired) electrons. The van der Waals surface area contributed by atoms with Crippen LogP contribution in [0.15, 0.2) is 18.2 Å². The minimum Gasteiger partial charge on any atom is -0.399 e. The van der Waals surface area contributed by atoms with E-state index in [2.05, 4.69) is 54.6 Å². The van der Waals surface area contributed by atoms with Crippen molar-refractivity contribution in [1.82, 2.24) is 29.6 Å². The number of Topliss-reactive ketones (excluding diaryl/α,β-unsaturated/α-hetero) is 1. The molecule has 3 aliphatic rings. The first-order chi connectivity index (χ1) is 21.4. The van der Waals surface area contributed by atoms with Crippen molar-refractivity contribution in [2.24, 2.45) is 0 Å². The SMILES string of the molecule is CC(=O)N1CCN(C)CC1.CC(=O)c1cc(C)cc(N)c1.CCCOCON1CCN(C)CC1.COC(C)N1CCN(C)CC1. The summed E-state index contributed by atoms with van der Waals surface area (Å²) in [5.41, 5.74) is 7.90. The van der Waals surface area contributed by atoms with Gasteiger partial charge in [-0.05, 0) is 72.1 Å². The van der Waals surface area contributed by atoms with Crippen LogP contribution in [0.5, 0.6) is 0 Å². The predicted molar refractivity (Wildman–Crippen MR) is 182 cm³/mol. The number of hydrogen-bond acceptors (Lipinski definition) is 11. The highest BCUT2D eigenvalue weighted by atomic mass is 16.8. The van der Waals surface area contributed by atoms with Crippen molar-refractivity contribution in [1.29, 1.82) is 0 Å². The third-order valence-corrected chi connectivity index (χ3v) is 7.98. The number of nitrogens with zero attached hydrogens (tertiary/aromatic N) is 6. The summed E-state index contributed by atoms with van der Waals surface area (Å²) in [4.78, 5) is 38.3. The monoisotopic (exact) mass is 637 g/mol. The molecule has 0 saturated carbocycles. The number of methoxy groups -OCH3 is 1. The van der Waals surface area contributed by atoms with Crippen LogP contribution in [-0.2, 0) is 19.1 Å². The number of carbonyl (C=O) groups is 2. The maximum atomic E-state index is 10.9. The van der Waals surface area contributed by atoms with Crippen molar-refractivity contribution in [2.45, 2.75) is 47.3 Å². The highest BCUT2D eigenvalue weighted by Gasteiger charge is 2.18. The van der Waals surface area contributed by atoms with E-state index in [0.29, 0.717) is 18.0 Å². The van der Waals surface area contributed by atoms with Crippen molar-refractivity contribution in [3.63, 3.8) is 0 Å². The van der Waals surface area contributed by atoms with E-state index in [9.17, 15) is 9.59 Å². The summed E-state index contributed by atoms with van der Waals surface area (Å²) in [5.74, 6) is 0.258. The second kappa shape index (κ2) is 23.2. The number of anilines is 1. The third-order valence-electron chi connectivity index (χ3n) is 7.98. The highest BCUT2D eigenvalue weighted by Crippen LogP contribution is 2.11. The van der Waals surface area contributed by atoms with Gasteiger partial charge in [-0.2, -0.15) is 5.06 Å². The topological polar surface area (TPSA) is 107 Å². The summed E-state index contributed by atoms with van der Waals surface area (Å²) in [6.45, 7) is 23.0. The Kier molecular flexibility index (Phi) is 21.1. The summed E-state index contributed by atoms with van der Waals surface area (Å²) in [6.07, 6.45) is 1.33. The standard InChI is InChI=1S/C9H20N2O2.C9H11NO.C8H18N2O.C7H14N2O/c1-3-8-12-9-13-11-6-4-10(2)5-7-11;1-6-3-8(7(2)11)5-9(10)4-6;1-8(11-3)10-6-4-9(2)5-7-10;1-7(10)9-5-3-8(2)4-6-9/h3-9H2,1-2H3;3-5H,10H2,1-2H3;8H,4-7H2,1-3H3;3-6H2,1-2H3. The van der Waals surface area contributed by atoms with Gasteiger partial charge in [0.25, 0.3) is 0 Å². The fraction of sp³-hybridized carbons (Fsp3) is 0.758. The number of ether oxygens (including phenoxy) is 2. The largest absolute Gasteiger partial charge is 0.399 e. The smallest absolute Gasteiger partial charge is 0.219 e. The number of nitrogens with two attached hydrogens (primary N) is 1. The minimum atomic E-state index is 0.0559. The molecule has 1 aromatic rings. The lowest BCUT2D eigenvalue weighted by atomic mass is 10.1. The molecule has 3 fully saturated rings. The van der Waals surface area contributed by atoms with E-state index < -0.39 is 0 Å². The number of hydrogen-bond donors (Lipinski definition) is 1. The molecule has 1 amide bonds. The Labute approximate surface area is 273 Å². The Morgan fingerprint density at radius 2 is 1.33 bits per heavy atom. The average molecular weight is 638 g/mol. The van der Waals surface area contributed by atoms with Crippen LogP contribution in [0.3, 0.4) is 0 Å². The van der Waals surface area contributed by atoms with E-state index in [1.54, 1.807) is 20.1 Å². The molecule has 3 saturated heterocycles. The van der Waals surface area contributed by atoms with Crippen molar-refractivity contribution in [3.8, 4) is 0 Å². The molecule has 12 heteroatoms. The second-order valence-corrected chi connectivity index (χ2v) is 12.1. The lowest BCUT2D eigenvalue weighted by Gasteiger charge is -2.35. The zero-order valence-electron chi connectivity index (χ0n) is 29.7. The molecule has 1 aromatic carbocycles. The van der Waals surface area contributed by atoms with Crippen LogP contribution in [0.1, 0.15) is 50.0 Å². The highest BCUT2D eigenvalue weighted by molar-refractivity contribution is 5.95. The quantitative estimate of drug-likeness (QED) is 0.197. The summed E-state index contributed by atoms with van der Waals surface area (Å²) in [5, 5.41) is 1.98. The lowest BCUT2D eigenvalue weighted by Crippen LogP contribution is -2.48. The summed E-state index contributed by atoms with van der Waals surface area (Å²) in [6, 6.07) is 5.36. The van der Waals surface area contributed by atoms with Gasteiger partial charge in [0.15, 0.2) is 12.6 Å². The Hall–Kier alpha value is -2.16. The molecule has 3 heterocycles. The Morgan fingerprint density at radius 3 is 1.78 bits per heavy atom. The maximum Gasteiger partial charge on any atom is 0.219 e. The third kappa shape index (κ3) is 18.5. The van der Waals surface area contributed by atoms with E-state index in [1.165, 1.54) is 6.92 Å². The Balaban J connectivity index is 0.000000301. The molecule has 0 aromatic heterocycles. The molecule has 0 spiro atoms. The number of carbonyl (C=O) groups excluding carboxylic acids is 2. The van der Waals surface area contributed by atoms with Crippen LogP contribution < -0.4 is 5.73 Å². The van der Waals surface area contributed by atoms with Crippen LogP contribution in [0, 0.1) is 6.92 Å². The first-order valence-corrected chi connectivity index (χ1v) is 16.3. The van der Waals surface area contributed by atoms with Gasteiger partial charge in [-0.1, -0.05) is 6.92 Å². The number of rotatable bonds is 8. The Bertz CT molecular complexity index is 925. The minimum absolute atomic E-state index is 0.0559. The van der Waals surface area contributed by atoms with Crippen LogP contribution >= 0.6 is 0 Å². The fourth-order valence-electron chi connectivity index (χ4n) is 4.70. The van der Waals surface area contributed by atoms with E-state index in [4.69, 9.17) is 20.0 Å². The van der Waals surface area contributed by atoms with Gasteiger partial charge in [-0.3, -0.25) is 19.3 Å². The number of nitrogen functional groups attached to an aromatic ring is 1. The van der Waals surface area contributed by atoms with E-state index in [-0.39, 0.29) is 17.9 Å². The average Bonchev–Trinajstić information content (AvgIpc) is 3.01. The van der Waals surface area contributed by atoms with Crippen LogP contribution in [-0.4, -0.2) is 168 Å². The van der Waals surface area contributed by atoms with Gasteiger partial charge in [0.2, 0.25) is 5.91 Å². The van der Waals surface area contributed by atoms with Gasteiger partial charge in [-0.25, -0.2) is 0 Å². The van der Waals surface area contributed by atoms with Gasteiger partial charge in [0.1, 0.15) is 6.23 Å². The molecule has 12 nitrogen and oxygen atoms in total. The number of aryl methyl sites for hydroxylation is 1. The maximum absolute atomic E-state index is 10.9. The first-order valence-electron chi connectivity index (χ1n) is 16.3. The fourth-order valence-corrected chi connectivity index (χ4v) is 4.70. The molecule has 0 bridgehead atoms.